The molecule has 0 fully saturated rings. The molecule has 84 valence electrons. The van der Waals surface area contributed by atoms with E-state index in [0.29, 0.717) is 11.8 Å². The molecule has 2 heteroatoms. The highest BCUT2D eigenvalue weighted by Gasteiger charge is 2.63. The van der Waals surface area contributed by atoms with Gasteiger partial charge in [-0.3, -0.25) is 4.79 Å². The standard InChI is InChI=1S/C14H17NO/c1-8(2)14-9(3)10-6-5-7-11(12(10)14)15(4)13(14)16/h5-9H,1-4H3/t9?,14-/m1/s1. The highest BCUT2D eigenvalue weighted by atomic mass is 16.2. The van der Waals surface area contributed by atoms with Crippen LogP contribution in [-0.2, 0) is 10.2 Å². The van der Waals surface area contributed by atoms with Crippen LogP contribution < -0.4 is 4.90 Å². The molecule has 0 saturated heterocycles. The molecule has 1 aliphatic carbocycles. The second kappa shape index (κ2) is 2.68. The summed E-state index contributed by atoms with van der Waals surface area (Å²) in [6, 6.07) is 6.29. The molecule has 1 aromatic rings. The van der Waals surface area contributed by atoms with Crippen LogP contribution in [-0.4, -0.2) is 13.0 Å². The van der Waals surface area contributed by atoms with Crippen molar-refractivity contribution in [3.63, 3.8) is 0 Å². The van der Waals surface area contributed by atoms with Gasteiger partial charge in [-0.25, -0.2) is 0 Å². The Morgan fingerprint density at radius 3 is 2.69 bits per heavy atom. The van der Waals surface area contributed by atoms with E-state index in [0.717, 1.165) is 5.69 Å². The first-order valence-corrected chi connectivity index (χ1v) is 5.94. The number of likely N-dealkylation sites (N-methyl/N-ethyl adjacent to an activating group) is 1. The first-order valence-electron chi connectivity index (χ1n) is 5.94. The molecule has 1 unspecified atom stereocenters. The van der Waals surface area contributed by atoms with E-state index in [1.54, 1.807) is 0 Å². The van der Waals surface area contributed by atoms with Crippen molar-refractivity contribution in [3.8, 4) is 0 Å². The molecule has 1 amide bonds. The molecule has 2 atom stereocenters. The molecule has 1 aromatic carbocycles. The zero-order valence-corrected chi connectivity index (χ0v) is 10.2. The van der Waals surface area contributed by atoms with Crippen LogP contribution in [0.25, 0.3) is 0 Å². The van der Waals surface area contributed by atoms with Crippen LogP contribution in [0.3, 0.4) is 0 Å². The van der Waals surface area contributed by atoms with Gasteiger partial charge in [0.15, 0.2) is 0 Å². The van der Waals surface area contributed by atoms with Crippen LogP contribution in [0.5, 0.6) is 0 Å². The molecule has 0 bridgehead atoms. The molecule has 0 saturated carbocycles. The Morgan fingerprint density at radius 1 is 1.38 bits per heavy atom. The lowest BCUT2D eigenvalue weighted by atomic mass is 9.53. The Balaban J connectivity index is 2.34. The first kappa shape index (κ1) is 9.88. The van der Waals surface area contributed by atoms with Crippen molar-refractivity contribution in [1.29, 1.82) is 0 Å². The van der Waals surface area contributed by atoms with Crippen LogP contribution >= 0.6 is 0 Å². The topological polar surface area (TPSA) is 20.3 Å². The minimum absolute atomic E-state index is 0.235. The molecule has 0 spiro atoms. The normalized spacial score (nSPS) is 30.7. The molecule has 0 aromatic heterocycles. The van der Waals surface area contributed by atoms with Crippen molar-refractivity contribution in [2.45, 2.75) is 32.1 Å². The fraction of sp³-hybridized carbons (Fsp3) is 0.500. The summed E-state index contributed by atoms with van der Waals surface area (Å²) in [4.78, 5) is 14.3. The summed E-state index contributed by atoms with van der Waals surface area (Å²) in [5, 5.41) is 0. The predicted octanol–water partition coefficient (Wildman–Crippen LogP) is 2.67. The average molecular weight is 215 g/mol. The summed E-state index contributed by atoms with van der Waals surface area (Å²) in [6.45, 7) is 6.50. The van der Waals surface area contributed by atoms with E-state index in [-0.39, 0.29) is 11.3 Å². The van der Waals surface area contributed by atoms with Crippen molar-refractivity contribution in [2.24, 2.45) is 5.92 Å². The molecule has 1 aliphatic heterocycles. The van der Waals surface area contributed by atoms with Gasteiger partial charge in [0.2, 0.25) is 5.91 Å². The number of amides is 1. The lowest BCUT2D eigenvalue weighted by Gasteiger charge is -2.47. The number of nitrogens with zero attached hydrogens (tertiary/aromatic N) is 1. The number of carbonyl (C=O) groups excluding carboxylic acids is 1. The fourth-order valence-corrected chi connectivity index (χ4v) is 3.75. The highest BCUT2D eigenvalue weighted by Crippen LogP contribution is 2.63. The molecule has 2 nitrogen and oxygen atoms in total. The number of hydrogen-bond donors (Lipinski definition) is 0. The third kappa shape index (κ3) is 0.731. The molecule has 1 heterocycles. The van der Waals surface area contributed by atoms with Gasteiger partial charge in [-0.2, -0.15) is 0 Å². The Hall–Kier alpha value is -1.31. The minimum Gasteiger partial charge on any atom is -0.314 e. The van der Waals surface area contributed by atoms with Crippen LogP contribution in [0.1, 0.15) is 37.8 Å². The predicted molar refractivity (Wildman–Crippen MR) is 64.8 cm³/mol. The van der Waals surface area contributed by atoms with Crippen molar-refractivity contribution in [3.05, 3.63) is 29.3 Å². The summed E-state index contributed by atoms with van der Waals surface area (Å²) >= 11 is 0. The SMILES string of the molecule is CC(C)[C@]12C(=O)N(C)c3cccc(c31)C2C. The lowest BCUT2D eigenvalue weighted by Crippen LogP contribution is -2.52. The van der Waals surface area contributed by atoms with Gasteiger partial charge in [-0.1, -0.05) is 32.9 Å². The largest absolute Gasteiger partial charge is 0.314 e. The number of anilines is 1. The third-order valence-electron chi connectivity index (χ3n) is 4.57. The summed E-state index contributed by atoms with van der Waals surface area (Å²) in [5.74, 6) is 1.01. The van der Waals surface area contributed by atoms with E-state index in [1.807, 2.05) is 11.9 Å². The Bertz CT molecular complexity index is 492. The van der Waals surface area contributed by atoms with Gasteiger partial charge in [0.1, 0.15) is 0 Å². The summed E-state index contributed by atoms with van der Waals surface area (Å²) < 4.78 is 0. The average Bonchev–Trinajstić information content (AvgIpc) is 2.48. The van der Waals surface area contributed by atoms with Gasteiger partial charge in [-0.05, 0) is 23.1 Å². The molecular weight excluding hydrogens is 198 g/mol. The van der Waals surface area contributed by atoms with Crippen molar-refractivity contribution >= 4 is 11.6 Å². The lowest BCUT2D eigenvalue weighted by molar-refractivity contribution is -0.126. The van der Waals surface area contributed by atoms with Crippen LogP contribution in [0.2, 0.25) is 0 Å². The molecular formula is C14H17NO. The van der Waals surface area contributed by atoms with Gasteiger partial charge in [0.05, 0.1) is 5.41 Å². The molecule has 0 radical (unpaired) electrons. The second-order valence-electron chi connectivity index (χ2n) is 5.35. The number of hydrogen-bond acceptors (Lipinski definition) is 1. The highest BCUT2D eigenvalue weighted by molar-refractivity contribution is 6.11. The molecule has 16 heavy (non-hydrogen) atoms. The van der Waals surface area contributed by atoms with Gasteiger partial charge >= 0.3 is 0 Å². The Kier molecular flexibility index (Phi) is 1.65. The fourth-order valence-electron chi connectivity index (χ4n) is 3.75. The Labute approximate surface area is 96.3 Å². The van der Waals surface area contributed by atoms with Crippen LogP contribution in [0.15, 0.2) is 18.2 Å². The summed E-state index contributed by atoms with van der Waals surface area (Å²) in [6.07, 6.45) is 0. The summed E-state index contributed by atoms with van der Waals surface area (Å²) in [7, 11) is 1.90. The zero-order chi connectivity index (χ0) is 11.7. The maximum absolute atomic E-state index is 12.5. The molecule has 3 rings (SSSR count). The number of carbonyl (C=O) groups is 1. The van der Waals surface area contributed by atoms with Gasteiger partial charge in [0, 0.05) is 18.7 Å². The smallest absolute Gasteiger partial charge is 0.238 e. The van der Waals surface area contributed by atoms with E-state index < -0.39 is 0 Å². The maximum Gasteiger partial charge on any atom is 0.238 e. The second-order valence-corrected chi connectivity index (χ2v) is 5.35. The van der Waals surface area contributed by atoms with Gasteiger partial charge in [-0.15, -0.1) is 0 Å². The van der Waals surface area contributed by atoms with E-state index in [2.05, 4.69) is 39.0 Å². The zero-order valence-electron chi connectivity index (χ0n) is 10.2. The quantitative estimate of drug-likeness (QED) is 0.705. The minimum atomic E-state index is -0.235. The van der Waals surface area contributed by atoms with Crippen LogP contribution in [0, 0.1) is 5.92 Å². The molecule has 2 aliphatic rings. The molecule has 0 N–H and O–H groups in total. The maximum atomic E-state index is 12.5. The van der Waals surface area contributed by atoms with E-state index in [1.165, 1.54) is 11.1 Å². The van der Waals surface area contributed by atoms with E-state index in [9.17, 15) is 4.79 Å². The third-order valence-corrected chi connectivity index (χ3v) is 4.57. The monoisotopic (exact) mass is 215 g/mol. The van der Waals surface area contributed by atoms with Crippen molar-refractivity contribution in [2.75, 3.05) is 11.9 Å². The van der Waals surface area contributed by atoms with Crippen molar-refractivity contribution in [1.82, 2.24) is 0 Å². The van der Waals surface area contributed by atoms with Crippen molar-refractivity contribution < 1.29 is 4.79 Å². The van der Waals surface area contributed by atoms with Gasteiger partial charge in [0.25, 0.3) is 0 Å². The van der Waals surface area contributed by atoms with Crippen LogP contribution in [0.4, 0.5) is 5.69 Å². The number of rotatable bonds is 1. The van der Waals surface area contributed by atoms with Gasteiger partial charge < -0.3 is 4.90 Å². The first-order chi connectivity index (χ1) is 7.52. The van der Waals surface area contributed by atoms with E-state index >= 15 is 0 Å². The Morgan fingerprint density at radius 2 is 2.06 bits per heavy atom. The van der Waals surface area contributed by atoms with E-state index in [4.69, 9.17) is 0 Å². The number of benzene rings is 1. The summed E-state index contributed by atoms with van der Waals surface area (Å²) in [5.41, 5.74) is 3.55.